The molecule has 0 saturated heterocycles. The van der Waals surface area contributed by atoms with Crippen LogP contribution in [0.4, 0.5) is 0 Å². The summed E-state index contributed by atoms with van der Waals surface area (Å²) in [5.74, 6) is 0.261. The van der Waals surface area contributed by atoms with Crippen LogP contribution in [0.25, 0.3) is 0 Å². The smallest absolute Gasteiger partial charge is 0.315 e. The Morgan fingerprint density at radius 1 is 1.39 bits per heavy atom. The second kappa shape index (κ2) is 5.40. The minimum absolute atomic E-state index is 0.198. The summed E-state index contributed by atoms with van der Waals surface area (Å²) in [5, 5.41) is 0. The van der Waals surface area contributed by atoms with Gasteiger partial charge in [0.05, 0.1) is 19.1 Å². The van der Waals surface area contributed by atoms with Gasteiger partial charge in [-0.25, -0.2) is 0 Å². The van der Waals surface area contributed by atoms with Gasteiger partial charge in [0.25, 0.3) is 0 Å². The van der Waals surface area contributed by atoms with Crippen molar-refractivity contribution < 1.29 is 14.3 Å². The van der Waals surface area contributed by atoms with Gasteiger partial charge < -0.3 is 15.2 Å². The molecule has 98 valence electrons. The number of fused-ring (bicyclic) bond motifs is 1. The normalized spacial score (nSPS) is 21.5. The first kappa shape index (κ1) is 12.9. The largest absolute Gasteiger partial charge is 0.494 e. The summed E-state index contributed by atoms with van der Waals surface area (Å²) in [6.45, 7) is 4.76. The first-order valence-electron chi connectivity index (χ1n) is 6.35. The number of benzene rings is 1. The minimum atomic E-state index is -0.337. The van der Waals surface area contributed by atoms with Crippen molar-refractivity contribution in [3.8, 4) is 5.75 Å². The van der Waals surface area contributed by atoms with Gasteiger partial charge in [-0.2, -0.15) is 0 Å². The van der Waals surface area contributed by atoms with Crippen LogP contribution in [-0.2, 0) is 16.0 Å². The summed E-state index contributed by atoms with van der Waals surface area (Å²) >= 11 is 0. The zero-order valence-corrected chi connectivity index (χ0v) is 10.8. The van der Waals surface area contributed by atoms with Crippen LogP contribution >= 0.6 is 0 Å². The molecule has 0 aromatic heterocycles. The Kier molecular flexibility index (Phi) is 3.87. The fourth-order valence-corrected chi connectivity index (χ4v) is 2.45. The fraction of sp³-hybridized carbons (Fsp3) is 0.500. The summed E-state index contributed by atoms with van der Waals surface area (Å²) in [6.07, 6.45) is 0.694. The Hall–Kier alpha value is -1.55. The molecule has 0 heterocycles. The van der Waals surface area contributed by atoms with E-state index in [9.17, 15) is 4.79 Å². The third-order valence-corrected chi connectivity index (χ3v) is 3.18. The predicted molar refractivity (Wildman–Crippen MR) is 68.7 cm³/mol. The van der Waals surface area contributed by atoms with Gasteiger partial charge in [0, 0.05) is 6.04 Å². The van der Waals surface area contributed by atoms with E-state index in [-0.39, 0.29) is 17.9 Å². The van der Waals surface area contributed by atoms with Crippen molar-refractivity contribution >= 4 is 5.97 Å². The molecular formula is C14H19NO3. The lowest BCUT2D eigenvalue weighted by atomic mass is 9.99. The van der Waals surface area contributed by atoms with Crippen LogP contribution in [0.1, 0.15) is 30.9 Å². The summed E-state index contributed by atoms with van der Waals surface area (Å²) in [5.41, 5.74) is 8.11. The molecule has 1 aliphatic rings. The van der Waals surface area contributed by atoms with E-state index < -0.39 is 0 Å². The molecule has 0 spiro atoms. The van der Waals surface area contributed by atoms with Crippen LogP contribution in [0.15, 0.2) is 18.2 Å². The Labute approximate surface area is 107 Å². The van der Waals surface area contributed by atoms with Crippen molar-refractivity contribution in [3.63, 3.8) is 0 Å². The molecule has 2 atom stereocenters. The molecule has 0 fully saturated rings. The van der Waals surface area contributed by atoms with Gasteiger partial charge in [0.2, 0.25) is 0 Å². The van der Waals surface area contributed by atoms with Crippen molar-refractivity contribution in [1.29, 1.82) is 0 Å². The van der Waals surface area contributed by atoms with E-state index in [0.717, 1.165) is 16.9 Å². The van der Waals surface area contributed by atoms with E-state index in [4.69, 9.17) is 15.2 Å². The highest BCUT2D eigenvalue weighted by Gasteiger charge is 2.36. The topological polar surface area (TPSA) is 61.5 Å². The maximum atomic E-state index is 11.9. The lowest BCUT2D eigenvalue weighted by Gasteiger charge is -2.15. The van der Waals surface area contributed by atoms with E-state index in [0.29, 0.717) is 19.6 Å². The molecule has 0 saturated carbocycles. The zero-order valence-electron chi connectivity index (χ0n) is 10.8. The number of carbonyl (C=O) groups is 1. The standard InChI is InChI=1S/C14H19NO3/c1-3-17-10-5-6-11-9(7-10)8-12(15)13(11)14(16)18-4-2/h5-7,12-13H,3-4,8,15H2,1-2H3. The number of nitrogens with two attached hydrogens (primary N) is 1. The van der Waals surface area contributed by atoms with Gasteiger partial charge in [-0.15, -0.1) is 0 Å². The van der Waals surface area contributed by atoms with Crippen molar-refractivity contribution in [2.45, 2.75) is 32.2 Å². The lowest BCUT2D eigenvalue weighted by molar-refractivity contribution is -0.145. The monoisotopic (exact) mass is 249 g/mol. The van der Waals surface area contributed by atoms with Crippen molar-refractivity contribution in [3.05, 3.63) is 29.3 Å². The third-order valence-electron chi connectivity index (χ3n) is 3.18. The summed E-state index contributed by atoms with van der Waals surface area (Å²) in [7, 11) is 0. The highest BCUT2D eigenvalue weighted by Crippen LogP contribution is 2.35. The van der Waals surface area contributed by atoms with Crippen LogP contribution in [-0.4, -0.2) is 25.2 Å². The van der Waals surface area contributed by atoms with Gasteiger partial charge in [-0.05, 0) is 43.5 Å². The molecule has 0 radical (unpaired) electrons. The van der Waals surface area contributed by atoms with Crippen LogP contribution in [0, 0.1) is 0 Å². The van der Waals surface area contributed by atoms with Crippen LogP contribution in [0.3, 0.4) is 0 Å². The first-order valence-corrected chi connectivity index (χ1v) is 6.35. The molecule has 4 heteroatoms. The van der Waals surface area contributed by atoms with E-state index >= 15 is 0 Å². The van der Waals surface area contributed by atoms with Crippen LogP contribution in [0.2, 0.25) is 0 Å². The van der Waals surface area contributed by atoms with Gasteiger partial charge in [-0.3, -0.25) is 4.79 Å². The predicted octanol–water partition coefficient (Wildman–Crippen LogP) is 1.62. The highest BCUT2D eigenvalue weighted by molar-refractivity contribution is 5.81. The Morgan fingerprint density at radius 3 is 2.83 bits per heavy atom. The Morgan fingerprint density at radius 2 is 2.17 bits per heavy atom. The Bertz CT molecular complexity index is 445. The van der Waals surface area contributed by atoms with Gasteiger partial charge >= 0.3 is 5.97 Å². The number of hydrogen-bond acceptors (Lipinski definition) is 4. The Balaban J connectivity index is 2.26. The second-order valence-corrected chi connectivity index (χ2v) is 4.39. The van der Waals surface area contributed by atoms with E-state index in [1.54, 1.807) is 6.92 Å². The molecule has 1 aromatic rings. The maximum Gasteiger partial charge on any atom is 0.315 e. The van der Waals surface area contributed by atoms with Crippen molar-refractivity contribution in [2.75, 3.05) is 13.2 Å². The van der Waals surface area contributed by atoms with E-state index in [2.05, 4.69) is 0 Å². The lowest BCUT2D eigenvalue weighted by Crippen LogP contribution is -2.31. The van der Waals surface area contributed by atoms with Gasteiger partial charge in [0.15, 0.2) is 0 Å². The number of ether oxygens (including phenoxy) is 2. The van der Waals surface area contributed by atoms with Crippen LogP contribution in [0.5, 0.6) is 5.75 Å². The SMILES string of the molecule is CCOC(=O)C1c2ccc(OCC)cc2CC1N. The molecule has 1 aromatic carbocycles. The highest BCUT2D eigenvalue weighted by atomic mass is 16.5. The molecule has 1 aliphatic carbocycles. The van der Waals surface area contributed by atoms with E-state index in [1.165, 1.54) is 0 Å². The molecule has 2 rings (SSSR count). The molecular weight excluding hydrogens is 230 g/mol. The quantitative estimate of drug-likeness (QED) is 0.824. The summed E-state index contributed by atoms with van der Waals surface area (Å²) < 4.78 is 10.5. The number of esters is 1. The number of carbonyl (C=O) groups excluding carboxylic acids is 1. The first-order chi connectivity index (χ1) is 8.67. The fourth-order valence-electron chi connectivity index (χ4n) is 2.45. The minimum Gasteiger partial charge on any atom is -0.494 e. The van der Waals surface area contributed by atoms with Gasteiger partial charge in [0.1, 0.15) is 5.75 Å². The molecule has 2 N–H and O–H groups in total. The molecule has 18 heavy (non-hydrogen) atoms. The van der Waals surface area contributed by atoms with Crippen molar-refractivity contribution in [1.82, 2.24) is 0 Å². The molecule has 0 bridgehead atoms. The summed E-state index contributed by atoms with van der Waals surface area (Å²) in [4.78, 5) is 11.9. The second-order valence-electron chi connectivity index (χ2n) is 4.39. The molecule has 4 nitrogen and oxygen atoms in total. The maximum absolute atomic E-state index is 11.9. The summed E-state index contributed by atoms with van der Waals surface area (Å²) in [6, 6.07) is 5.58. The number of rotatable bonds is 4. The third kappa shape index (κ3) is 2.34. The number of hydrogen-bond donors (Lipinski definition) is 1. The molecule has 0 aliphatic heterocycles. The van der Waals surface area contributed by atoms with Crippen LogP contribution < -0.4 is 10.5 Å². The average Bonchev–Trinajstić information content (AvgIpc) is 2.65. The zero-order chi connectivity index (χ0) is 13.1. The average molecular weight is 249 g/mol. The molecule has 2 unspecified atom stereocenters. The van der Waals surface area contributed by atoms with Crippen molar-refractivity contribution in [2.24, 2.45) is 5.73 Å². The van der Waals surface area contributed by atoms with Gasteiger partial charge in [-0.1, -0.05) is 6.07 Å². The molecule has 0 amide bonds. The van der Waals surface area contributed by atoms with E-state index in [1.807, 2.05) is 25.1 Å².